The van der Waals surface area contributed by atoms with Gasteiger partial charge in [0.15, 0.2) is 0 Å². The zero-order valence-electron chi connectivity index (χ0n) is 4.77. The van der Waals surface area contributed by atoms with E-state index in [1.807, 2.05) is 0 Å². The molecule has 0 aromatic rings. The molecule has 0 fully saturated rings. The molecule has 0 aliphatic rings. The molecular formula is C2H9N3NaO3P. The molecule has 2 amide bonds. The van der Waals surface area contributed by atoms with Gasteiger partial charge in [0.2, 0.25) is 7.51 Å². The fraction of sp³-hybridized carbons (Fsp3) is 0.500. The SMILES string of the molecule is CP(O)(O)=NNC(N)=O.[NaH]. The fourth-order valence-corrected chi connectivity index (χ4v) is 0.432. The van der Waals surface area contributed by atoms with Crippen molar-refractivity contribution in [3.63, 3.8) is 0 Å². The fourth-order valence-electron chi connectivity index (χ4n) is 0.144. The van der Waals surface area contributed by atoms with Crippen LogP contribution in [0.25, 0.3) is 0 Å². The van der Waals surface area contributed by atoms with Crippen molar-refractivity contribution in [2.75, 3.05) is 6.66 Å². The number of rotatable bonds is 1. The van der Waals surface area contributed by atoms with Gasteiger partial charge in [0, 0.05) is 6.66 Å². The molecule has 0 saturated carbocycles. The van der Waals surface area contributed by atoms with Crippen molar-refractivity contribution in [2.24, 2.45) is 10.6 Å². The van der Waals surface area contributed by atoms with Crippen LogP contribution in [0.15, 0.2) is 4.85 Å². The summed E-state index contributed by atoms with van der Waals surface area (Å²) in [6.45, 7) is 1.09. The standard InChI is InChI=1S/C2H8N3O3P.Na.H/c1-9(7,8)5-4-2(3)6;;/h7-8H,1H3,(H3,3,4,6);;. The first-order valence-corrected chi connectivity index (χ1v) is 4.11. The van der Waals surface area contributed by atoms with E-state index in [1.165, 1.54) is 0 Å². The summed E-state index contributed by atoms with van der Waals surface area (Å²) in [5.41, 5.74) is 6.25. The molecule has 0 aromatic heterocycles. The molecule has 0 saturated heterocycles. The predicted molar refractivity (Wildman–Crippen MR) is 39.6 cm³/mol. The summed E-state index contributed by atoms with van der Waals surface area (Å²) in [6, 6.07) is -0.913. The summed E-state index contributed by atoms with van der Waals surface area (Å²) < 4.78 is 0. The Morgan fingerprint density at radius 3 is 2.20 bits per heavy atom. The van der Waals surface area contributed by atoms with Crippen LogP contribution in [0.5, 0.6) is 0 Å². The zero-order valence-corrected chi connectivity index (χ0v) is 5.67. The van der Waals surface area contributed by atoms with Crippen LogP contribution in [0, 0.1) is 0 Å². The Kier molecular flexibility index (Phi) is 6.68. The van der Waals surface area contributed by atoms with Crippen LogP contribution in [0.1, 0.15) is 0 Å². The van der Waals surface area contributed by atoms with Crippen molar-refractivity contribution in [3.05, 3.63) is 0 Å². The molecule has 6 nitrogen and oxygen atoms in total. The Balaban J connectivity index is 0. The molecule has 0 aliphatic carbocycles. The van der Waals surface area contributed by atoms with Gasteiger partial charge in [0.05, 0.1) is 0 Å². The third-order valence-electron chi connectivity index (χ3n) is 0.350. The number of nitrogens with one attached hydrogen (secondary N) is 1. The first-order valence-electron chi connectivity index (χ1n) is 2.01. The Morgan fingerprint density at radius 1 is 1.70 bits per heavy atom. The summed E-state index contributed by atoms with van der Waals surface area (Å²) in [7, 11) is -3.26. The first-order chi connectivity index (χ1) is 3.92. The van der Waals surface area contributed by atoms with E-state index in [1.54, 1.807) is 5.43 Å². The van der Waals surface area contributed by atoms with Crippen LogP contribution in [-0.4, -0.2) is 52.0 Å². The van der Waals surface area contributed by atoms with Gasteiger partial charge in [-0.15, -0.1) is 4.85 Å². The first kappa shape index (κ1) is 13.0. The van der Waals surface area contributed by atoms with Gasteiger partial charge in [0.1, 0.15) is 0 Å². The second-order valence-corrected chi connectivity index (χ2v) is 3.38. The summed E-state index contributed by atoms with van der Waals surface area (Å²) in [5, 5.41) is 0. The van der Waals surface area contributed by atoms with E-state index in [2.05, 4.69) is 10.6 Å². The molecule has 0 bridgehead atoms. The van der Waals surface area contributed by atoms with E-state index >= 15 is 0 Å². The third-order valence-corrected chi connectivity index (χ3v) is 0.829. The number of hydrogen-bond acceptors (Lipinski definition) is 2. The van der Waals surface area contributed by atoms with Crippen molar-refractivity contribution in [3.8, 4) is 0 Å². The Morgan fingerprint density at radius 2 is 2.10 bits per heavy atom. The number of carbonyl (C=O) groups excluding carboxylic acids is 1. The minimum absolute atomic E-state index is 0. The molecule has 0 radical (unpaired) electrons. The molecule has 0 aromatic carbocycles. The number of amides is 2. The molecule has 0 atom stereocenters. The van der Waals surface area contributed by atoms with Crippen LogP contribution < -0.4 is 11.2 Å². The number of hydrogen-bond donors (Lipinski definition) is 4. The second-order valence-electron chi connectivity index (χ2n) is 1.44. The number of nitrogens with two attached hydrogens (primary N) is 1. The molecule has 0 heterocycles. The van der Waals surface area contributed by atoms with Crippen LogP contribution in [0.2, 0.25) is 0 Å². The van der Waals surface area contributed by atoms with Crippen LogP contribution in [0.4, 0.5) is 4.79 Å². The minimum atomic E-state index is -3.26. The van der Waals surface area contributed by atoms with Crippen molar-refractivity contribution in [1.29, 1.82) is 0 Å². The van der Waals surface area contributed by atoms with Gasteiger partial charge >= 0.3 is 35.6 Å². The molecule has 0 unspecified atom stereocenters. The monoisotopic (exact) mass is 177 g/mol. The van der Waals surface area contributed by atoms with E-state index in [0.717, 1.165) is 6.66 Å². The molecule has 0 spiro atoms. The van der Waals surface area contributed by atoms with Gasteiger partial charge in [-0.2, -0.15) is 0 Å². The summed E-state index contributed by atoms with van der Waals surface area (Å²) in [4.78, 5) is 29.8. The maximum atomic E-state index is 9.86. The Hall–Kier alpha value is 0.420. The molecule has 0 rings (SSSR count). The Bertz CT molecular complexity index is 157. The van der Waals surface area contributed by atoms with Crippen LogP contribution in [-0.2, 0) is 0 Å². The van der Waals surface area contributed by atoms with Gasteiger partial charge in [-0.3, -0.25) is 0 Å². The molecule has 0 aliphatic heterocycles. The van der Waals surface area contributed by atoms with Crippen molar-refractivity contribution in [1.82, 2.24) is 5.43 Å². The number of primary amides is 1. The number of carbonyl (C=O) groups is 1. The van der Waals surface area contributed by atoms with Crippen LogP contribution >= 0.6 is 7.51 Å². The maximum absolute atomic E-state index is 9.86. The van der Waals surface area contributed by atoms with Crippen molar-refractivity contribution >= 4 is 43.1 Å². The normalized spacial score (nSPS) is 9.50. The van der Waals surface area contributed by atoms with Crippen molar-refractivity contribution < 1.29 is 14.6 Å². The molecule has 5 N–H and O–H groups in total. The molecule has 10 heavy (non-hydrogen) atoms. The molecule has 56 valence electrons. The van der Waals surface area contributed by atoms with Gasteiger partial charge in [-0.05, 0) is 0 Å². The third kappa shape index (κ3) is 11.2. The van der Waals surface area contributed by atoms with E-state index in [-0.39, 0.29) is 29.6 Å². The summed E-state index contributed by atoms with van der Waals surface area (Å²) in [5.74, 6) is 0. The van der Waals surface area contributed by atoms with Gasteiger partial charge in [0.25, 0.3) is 0 Å². The zero-order chi connectivity index (χ0) is 7.49. The topological polar surface area (TPSA) is 108 Å². The van der Waals surface area contributed by atoms with Crippen molar-refractivity contribution in [2.45, 2.75) is 0 Å². The van der Waals surface area contributed by atoms with Crippen LogP contribution in [0.3, 0.4) is 0 Å². The van der Waals surface area contributed by atoms with Gasteiger partial charge in [-0.25, -0.2) is 10.2 Å². The second kappa shape index (κ2) is 5.12. The van der Waals surface area contributed by atoms with E-state index in [4.69, 9.17) is 9.79 Å². The van der Waals surface area contributed by atoms with E-state index < -0.39 is 13.5 Å². The number of nitrogens with zero attached hydrogens (tertiary/aromatic N) is 1. The number of urea groups is 1. The summed E-state index contributed by atoms with van der Waals surface area (Å²) in [6.07, 6.45) is 0. The average Bonchev–Trinajstić information content (AvgIpc) is 1.59. The molecule has 8 heteroatoms. The molecular weight excluding hydrogens is 168 g/mol. The van der Waals surface area contributed by atoms with Gasteiger partial charge in [-0.1, -0.05) is 0 Å². The Labute approximate surface area is 80.3 Å². The van der Waals surface area contributed by atoms with E-state index in [0.29, 0.717) is 0 Å². The predicted octanol–water partition coefficient (Wildman–Crippen LogP) is -1.43. The van der Waals surface area contributed by atoms with E-state index in [9.17, 15) is 4.79 Å². The van der Waals surface area contributed by atoms with Gasteiger partial charge < -0.3 is 15.5 Å². The summed E-state index contributed by atoms with van der Waals surface area (Å²) >= 11 is 0. The quantitative estimate of drug-likeness (QED) is 0.224. The average molecular weight is 177 g/mol.